The Hall–Kier alpha value is -2.69. The number of benzene rings is 2. The van der Waals surface area contributed by atoms with E-state index in [1.165, 1.54) is 48.7 Å². The second kappa shape index (κ2) is 7.91. The zero-order valence-corrected chi connectivity index (χ0v) is 15.8. The summed E-state index contributed by atoms with van der Waals surface area (Å²) in [5, 5.41) is 21.4. The lowest BCUT2D eigenvalue weighted by atomic mass is 10.1. The fourth-order valence-corrected chi connectivity index (χ4v) is 3.71. The molecule has 0 fully saturated rings. The van der Waals surface area contributed by atoms with E-state index in [1.54, 1.807) is 4.57 Å². The molecule has 2 aromatic carbocycles. The van der Waals surface area contributed by atoms with Gasteiger partial charge in [0.15, 0.2) is 15.4 Å². The Morgan fingerprint density at radius 1 is 1.22 bits per heavy atom. The summed E-state index contributed by atoms with van der Waals surface area (Å²) < 4.78 is 3.11. The van der Waals surface area contributed by atoms with Crippen molar-refractivity contribution in [3.8, 4) is 0 Å². The maximum Gasteiger partial charge on any atom is 0.260 e. The van der Waals surface area contributed by atoms with Crippen LogP contribution in [0.5, 0.6) is 0 Å². The summed E-state index contributed by atoms with van der Waals surface area (Å²) in [6, 6.07) is 13.2. The van der Waals surface area contributed by atoms with Crippen LogP contribution in [0, 0.1) is 9.16 Å². The standard InChI is InChI=1S/C18H15N3O4S2/c1-11(22)14(10-20-15-4-2-3-5-16(15)27-18(20)26)17(23)19-12-6-8-13(9-7-12)21(24)25/h2-10,21,24H,1H3,(H,19,23)/b14-10+. The van der Waals surface area contributed by atoms with Gasteiger partial charge in [0, 0.05) is 24.0 Å². The Morgan fingerprint density at radius 3 is 2.52 bits per heavy atom. The molecule has 1 heterocycles. The lowest BCUT2D eigenvalue weighted by molar-refractivity contribution is -0.991. The molecule has 3 aromatic rings. The predicted octanol–water partition coefficient (Wildman–Crippen LogP) is 2.90. The Balaban J connectivity index is 1.94. The van der Waals surface area contributed by atoms with E-state index in [4.69, 9.17) is 17.4 Å². The Labute approximate surface area is 163 Å². The molecule has 7 nitrogen and oxygen atoms in total. The van der Waals surface area contributed by atoms with E-state index < -0.39 is 16.9 Å². The molecule has 0 saturated carbocycles. The van der Waals surface area contributed by atoms with Crippen molar-refractivity contribution < 1.29 is 20.0 Å². The number of quaternary nitrogens is 1. The molecule has 0 spiro atoms. The molecule has 0 bridgehead atoms. The largest absolute Gasteiger partial charge is 0.595 e. The van der Waals surface area contributed by atoms with Gasteiger partial charge < -0.3 is 10.5 Å². The molecular weight excluding hydrogens is 386 g/mol. The molecule has 0 aliphatic rings. The van der Waals surface area contributed by atoms with Crippen LogP contribution in [0.25, 0.3) is 16.4 Å². The van der Waals surface area contributed by atoms with Crippen molar-refractivity contribution in [2.75, 3.05) is 5.32 Å². The SMILES string of the molecule is CC(=O)/C(=C\n1c(=S)sc2ccccc21)C(=O)Nc1ccc([NH+]([O-])O)cc1. The van der Waals surface area contributed by atoms with E-state index in [-0.39, 0.29) is 11.3 Å². The van der Waals surface area contributed by atoms with Crippen molar-refractivity contribution in [1.82, 2.24) is 4.57 Å². The van der Waals surface area contributed by atoms with Gasteiger partial charge >= 0.3 is 0 Å². The molecule has 0 aliphatic carbocycles. The first-order chi connectivity index (χ1) is 12.9. The number of carbonyl (C=O) groups is 2. The molecule has 1 amide bonds. The number of amides is 1. The predicted molar refractivity (Wildman–Crippen MR) is 106 cm³/mol. The first-order valence-corrected chi connectivity index (χ1v) is 9.07. The van der Waals surface area contributed by atoms with Gasteiger partial charge in [-0.3, -0.25) is 14.2 Å². The fourth-order valence-electron chi connectivity index (χ4n) is 2.44. The van der Waals surface area contributed by atoms with E-state index in [0.29, 0.717) is 9.64 Å². The summed E-state index contributed by atoms with van der Waals surface area (Å²) in [6.45, 7) is 1.30. The third kappa shape index (κ3) is 4.18. The molecule has 1 atom stereocenters. The summed E-state index contributed by atoms with van der Waals surface area (Å²) in [4.78, 5) is 24.6. The van der Waals surface area contributed by atoms with E-state index in [0.717, 1.165) is 10.2 Å². The van der Waals surface area contributed by atoms with Crippen LogP contribution in [0.1, 0.15) is 6.92 Å². The third-order valence-electron chi connectivity index (χ3n) is 3.79. The molecule has 27 heavy (non-hydrogen) atoms. The van der Waals surface area contributed by atoms with Crippen molar-refractivity contribution in [2.45, 2.75) is 6.92 Å². The number of para-hydroxylation sites is 1. The van der Waals surface area contributed by atoms with Gasteiger partial charge in [-0.05, 0) is 43.4 Å². The Bertz CT molecular complexity index is 1100. The summed E-state index contributed by atoms with van der Waals surface area (Å²) in [5.41, 5.74) is 1.24. The highest BCUT2D eigenvalue weighted by molar-refractivity contribution is 7.73. The van der Waals surface area contributed by atoms with E-state index in [2.05, 4.69) is 5.32 Å². The maximum absolute atomic E-state index is 12.6. The number of thiazole rings is 1. The van der Waals surface area contributed by atoms with Gasteiger partial charge in [-0.2, -0.15) is 5.23 Å². The van der Waals surface area contributed by atoms with Gasteiger partial charge in [0.25, 0.3) is 5.91 Å². The van der Waals surface area contributed by atoms with Crippen LogP contribution >= 0.6 is 23.6 Å². The molecule has 3 N–H and O–H groups in total. The zero-order valence-electron chi connectivity index (χ0n) is 14.1. The molecule has 0 radical (unpaired) electrons. The van der Waals surface area contributed by atoms with Crippen LogP contribution < -0.4 is 10.5 Å². The van der Waals surface area contributed by atoms with Gasteiger partial charge in [0.2, 0.25) is 0 Å². The van der Waals surface area contributed by atoms with Gasteiger partial charge in [-0.15, -0.1) is 11.3 Å². The zero-order chi connectivity index (χ0) is 19.6. The van der Waals surface area contributed by atoms with Crippen molar-refractivity contribution in [3.63, 3.8) is 0 Å². The number of hydrogen-bond donors (Lipinski definition) is 3. The quantitative estimate of drug-likeness (QED) is 0.201. The van der Waals surface area contributed by atoms with Crippen molar-refractivity contribution >= 4 is 63.0 Å². The van der Waals surface area contributed by atoms with Crippen LogP contribution in [0.2, 0.25) is 0 Å². The first-order valence-electron chi connectivity index (χ1n) is 7.84. The number of Topliss-reactive ketones (excluding diaryl/α,β-unsaturated/α-hetero) is 1. The van der Waals surface area contributed by atoms with Crippen molar-refractivity contribution in [3.05, 3.63) is 63.3 Å². The van der Waals surface area contributed by atoms with E-state index in [9.17, 15) is 14.8 Å². The van der Waals surface area contributed by atoms with Crippen molar-refractivity contribution in [2.24, 2.45) is 0 Å². The first kappa shape index (κ1) is 19.1. The van der Waals surface area contributed by atoms with Crippen LogP contribution in [0.3, 0.4) is 0 Å². The lowest BCUT2D eigenvalue weighted by Gasteiger charge is -2.12. The highest BCUT2D eigenvalue weighted by atomic mass is 32.1. The van der Waals surface area contributed by atoms with Gasteiger partial charge in [0.05, 0.1) is 15.8 Å². The fraction of sp³-hybridized carbons (Fsp3) is 0.0556. The molecule has 1 unspecified atom stereocenters. The van der Waals surface area contributed by atoms with Gasteiger partial charge in [-0.25, -0.2) is 5.21 Å². The second-order valence-corrected chi connectivity index (χ2v) is 7.32. The number of rotatable bonds is 5. The molecule has 3 rings (SSSR count). The Kier molecular flexibility index (Phi) is 5.59. The second-order valence-electron chi connectivity index (χ2n) is 5.64. The minimum atomic E-state index is -1.06. The van der Waals surface area contributed by atoms with Gasteiger partial charge in [0.1, 0.15) is 0 Å². The van der Waals surface area contributed by atoms with Crippen LogP contribution in [0.4, 0.5) is 11.4 Å². The lowest BCUT2D eigenvalue weighted by Crippen LogP contribution is -2.99. The molecular formula is C18H15N3O4S2. The molecule has 1 aromatic heterocycles. The average molecular weight is 401 g/mol. The van der Waals surface area contributed by atoms with Gasteiger partial charge in [-0.1, -0.05) is 12.1 Å². The number of nitrogens with one attached hydrogen (secondary N) is 2. The molecule has 0 saturated heterocycles. The Morgan fingerprint density at radius 2 is 1.89 bits per heavy atom. The number of ketones is 1. The monoisotopic (exact) mass is 401 g/mol. The summed E-state index contributed by atoms with van der Waals surface area (Å²) in [6.07, 6.45) is 1.43. The van der Waals surface area contributed by atoms with Crippen LogP contribution in [0.15, 0.2) is 54.1 Å². The minimum Gasteiger partial charge on any atom is -0.595 e. The summed E-state index contributed by atoms with van der Waals surface area (Å²) in [5.74, 6) is -1.01. The highest BCUT2D eigenvalue weighted by Gasteiger charge is 2.16. The number of anilines is 1. The summed E-state index contributed by atoms with van der Waals surface area (Å²) >= 11 is 6.74. The van der Waals surface area contributed by atoms with Crippen LogP contribution in [-0.2, 0) is 9.59 Å². The average Bonchev–Trinajstić information content (AvgIpc) is 2.94. The number of hydrogen-bond acceptors (Lipinski definition) is 6. The number of carbonyl (C=O) groups excluding carboxylic acids is 2. The maximum atomic E-state index is 12.6. The normalized spacial score (nSPS) is 12.8. The van der Waals surface area contributed by atoms with E-state index in [1.807, 2.05) is 24.3 Å². The minimum absolute atomic E-state index is 0.0584. The number of nitrogens with zero attached hydrogens (tertiary/aromatic N) is 1. The topological polar surface area (TPSA) is 98.8 Å². The number of aromatic nitrogens is 1. The summed E-state index contributed by atoms with van der Waals surface area (Å²) in [7, 11) is 0. The van der Waals surface area contributed by atoms with Crippen molar-refractivity contribution in [1.29, 1.82) is 0 Å². The highest BCUT2D eigenvalue weighted by Crippen LogP contribution is 2.24. The molecule has 0 aliphatic heterocycles. The van der Waals surface area contributed by atoms with E-state index >= 15 is 0 Å². The van der Waals surface area contributed by atoms with Crippen LogP contribution in [-0.4, -0.2) is 21.5 Å². The number of fused-ring (bicyclic) bond motifs is 1. The molecule has 138 valence electrons. The molecule has 9 heteroatoms. The smallest absolute Gasteiger partial charge is 0.260 e. The third-order valence-corrected chi connectivity index (χ3v) is 5.17.